The first-order valence-electron chi connectivity index (χ1n) is 10.0. The molecule has 1 saturated heterocycles. The largest absolute Gasteiger partial charge is 0.450 e. The van der Waals surface area contributed by atoms with Crippen molar-refractivity contribution in [2.45, 2.75) is 39.2 Å². The van der Waals surface area contributed by atoms with Crippen LogP contribution in [0.1, 0.15) is 30.9 Å². The van der Waals surface area contributed by atoms with E-state index in [1.807, 2.05) is 44.2 Å². The van der Waals surface area contributed by atoms with Crippen LogP contribution in [0.2, 0.25) is 0 Å². The quantitative estimate of drug-likeness (QED) is 0.779. The fourth-order valence-electron chi connectivity index (χ4n) is 3.40. The third kappa shape index (κ3) is 6.20. The number of aryl methyl sites for hydroxylation is 1. The Balaban J connectivity index is 1.45. The molecule has 0 radical (unpaired) electrons. The molecule has 3 rings (SSSR count). The maximum Gasteiger partial charge on any atom is 0.409 e. The molecule has 7 heteroatoms. The summed E-state index contributed by atoms with van der Waals surface area (Å²) in [6.45, 7) is 5.58. The Labute approximate surface area is 171 Å². The van der Waals surface area contributed by atoms with E-state index in [-0.39, 0.29) is 18.0 Å². The Hall–Kier alpha value is -3.09. The summed E-state index contributed by atoms with van der Waals surface area (Å²) in [5.74, 6) is 0.445. The zero-order chi connectivity index (χ0) is 20.6. The number of aromatic nitrogens is 1. The van der Waals surface area contributed by atoms with Gasteiger partial charge in [-0.25, -0.2) is 9.78 Å². The zero-order valence-electron chi connectivity index (χ0n) is 17.0. The molecule has 1 aliphatic heterocycles. The molecule has 2 N–H and O–H groups in total. The van der Waals surface area contributed by atoms with E-state index < -0.39 is 0 Å². The van der Waals surface area contributed by atoms with Crippen LogP contribution in [0.4, 0.5) is 16.3 Å². The van der Waals surface area contributed by atoms with Gasteiger partial charge in [-0.05, 0) is 44.4 Å². The number of nitrogens with zero attached hydrogens (tertiary/aromatic N) is 2. The van der Waals surface area contributed by atoms with Gasteiger partial charge in [-0.3, -0.25) is 4.79 Å². The fourth-order valence-corrected chi connectivity index (χ4v) is 3.40. The standard InChI is InChI=1S/C22H28N4O3/c1-3-29-22(28)26-11-9-18(10-12-26)24-19-7-8-20(23-15-19)25-21(27)14-17-6-4-5-16(2)13-17/h4-8,13,15,18,24H,3,9-12,14H2,1-2H3,(H,23,25,27). The van der Waals surface area contributed by atoms with Crippen LogP contribution in [0.25, 0.3) is 0 Å². The first kappa shape index (κ1) is 20.6. The molecule has 0 unspecified atom stereocenters. The number of nitrogens with one attached hydrogen (secondary N) is 2. The summed E-state index contributed by atoms with van der Waals surface area (Å²) in [5.41, 5.74) is 3.02. The van der Waals surface area contributed by atoms with Crippen LogP contribution in [-0.2, 0) is 16.0 Å². The van der Waals surface area contributed by atoms with Gasteiger partial charge in [0.25, 0.3) is 0 Å². The Kier molecular flexibility index (Phi) is 7.05. The molecule has 2 amide bonds. The number of likely N-dealkylation sites (tertiary alicyclic amines) is 1. The summed E-state index contributed by atoms with van der Waals surface area (Å²) in [7, 11) is 0. The highest BCUT2D eigenvalue weighted by molar-refractivity contribution is 5.91. The van der Waals surface area contributed by atoms with Crippen molar-refractivity contribution >= 4 is 23.5 Å². The average Bonchev–Trinajstić information content (AvgIpc) is 2.70. The third-order valence-electron chi connectivity index (χ3n) is 4.87. The first-order valence-corrected chi connectivity index (χ1v) is 10.0. The molecule has 0 aliphatic carbocycles. The van der Waals surface area contributed by atoms with E-state index >= 15 is 0 Å². The molecular weight excluding hydrogens is 368 g/mol. The Morgan fingerprint density at radius 1 is 1.21 bits per heavy atom. The monoisotopic (exact) mass is 396 g/mol. The van der Waals surface area contributed by atoms with E-state index in [2.05, 4.69) is 15.6 Å². The number of carbonyl (C=O) groups excluding carboxylic acids is 2. The topological polar surface area (TPSA) is 83.6 Å². The third-order valence-corrected chi connectivity index (χ3v) is 4.87. The number of piperidine rings is 1. The number of pyridine rings is 1. The highest BCUT2D eigenvalue weighted by Crippen LogP contribution is 2.18. The normalized spacial score (nSPS) is 14.3. The van der Waals surface area contributed by atoms with Gasteiger partial charge >= 0.3 is 6.09 Å². The van der Waals surface area contributed by atoms with Gasteiger partial charge in [0, 0.05) is 19.1 Å². The maximum atomic E-state index is 12.2. The highest BCUT2D eigenvalue weighted by atomic mass is 16.6. The number of benzene rings is 1. The number of hydrogen-bond donors (Lipinski definition) is 2. The number of ether oxygens (including phenoxy) is 1. The lowest BCUT2D eigenvalue weighted by Crippen LogP contribution is -2.42. The van der Waals surface area contributed by atoms with Crippen LogP contribution in [0.5, 0.6) is 0 Å². The lowest BCUT2D eigenvalue weighted by Gasteiger charge is -2.32. The van der Waals surface area contributed by atoms with Crippen molar-refractivity contribution in [3.8, 4) is 0 Å². The second kappa shape index (κ2) is 9.91. The van der Waals surface area contributed by atoms with Crippen LogP contribution in [0, 0.1) is 6.92 Å². The van der Waals surface area contributed by atoms with Gasteiger partial charge < -0.3 is 20.3 Å². The summed E-state index contributed by atoms with van der Waals surface area (Å²) >= 11 is 0. The first-order chi connectivity index (χ1) is 14.0. The van der Waals surface area contributed by atoms with Gasteiger partial charge in [0.1, 0.15) is 5.82 Å². The molecular formula is C22H28N4O3. The van der Waals surface area contributed by atoms with Crippen molar-refractivity contribution in [2.24, 2.45) is 0 Å². The predicted octanol–water partition coefficient (Wildman–Crippen LogP) is 3.60. The van der Waals surface area contributed by atoms with E-state index in [4.69, 9.17) is 4.74 Å². The molecule has 0 atom stereocenters. The van der Waals surface area contributed by atoms with Crippen molar-refractivity contribution in [3.05, 3.63) is 53.7 Å². The molecule has 1 aromatic heterocycles. The van der Waals surface area contributed by atoms with E-state index in [1.165, 1.54) is 0 Å². The molecule has 0 spiro atoms. The molecule has 1 aromatic carbocycles. The van der Waals surface area contributed by atoms with Crippen molar-refractivity contribution < 1.29 is 14.3 Å². The van der Waals surface area contributed by atoms with Gasteiger partial charge in [0.15, 0.2) is 0 Å². The minimum atomic E-state index is -0.238. The van der Waals surface area contributed by atoms with Crippen LogP contribution in [0.15, 0.2) is 42.6 Å². The molecule has 2 aromatic rings. The summed E-state index contributed by atoms with van der Waals surface area (Å²) in [6, 6.07) is 11.9. The molecule has 1 aliphatic rings. The fraction of sp³-hybridized carbons (Fsp3) is 0.409. The number of amides is 2. The Bertz CT molecular complexity index is 830. The molecule has 29 heavy (non-hydrogen) atoms. The molecule has 7 nitrogen and oxygen atoms in total. The second-order valence-electron chi connectivity index (χ2n) is 7.25. The molecule has 1 fully saturated rings. The number of hydrogen-bond acceptors (Lipinski definition) is 5. The summed E-state index contributed by atoms with van der Waals surface area (Å²) in [4.78, 5) is 30.1. The van der Waals surface area contributed by atoms with Gasteiger partial charge in [0.05, 0.1) is 24.9 Å². The highest BCUT2D eigenvalue weighted by Gasteiger charge is 2.23. The number of rotatable bonds is 6. The van der Waals surface area contributed by atoms with E-state index in [9.17, 15) is 9.59 Å². The number of carbonyl (C=O) groups is 2. The average molecular weight is 396 g/mol. The Morgan fingerprint density at radius 2 is 2.00 bits per heavy atom. The lowest BCUT2D eigenvalue weighted by atomic mass is 10.1. The van der Waals surface area contributed by atoms with Gasteiger partial charge in [-0.15, -0.1) is 0 Å². The molecule has 2 heterocycles. The zero-order valence-corrected chi connectivity index (χ0v) is 17.0. The lowest BCUT2D eigenvalue weighted by molar-refractivity contribution is -0.115. The van der Waals surface area contributed by atoms with Crippen molar-refractivity contribution in [1.82, 2.24) is 9.88 Å². The van der Waals surface area contributed by atoms with Gasteiger partial charge in [-0.2, -0.15) is 0 Å². The van der Waals surface area contributed by atoms with E-state index in [0.29, 0.717) is 31.9 Å². The van der Waals surface area contributed by atoms with Crippen molar-refractivity contribution in [3.63, 3.8) is 0 Å². The summed E-state index contributed by atoms with van der Waals surface area (Å²) < 4.78 is 5.05. The van der Waals surface area contributed by atoms with Crippen molar-refractivity contribution in [2.75, 3.05) is 30.3 Å². The summed E-state index contributed by atoms with van der Waals surface area (Å²) in [5, 5.41) is 6.28. The molecule has 0 bridgehead atoms. The van der Waals surface area contributed by atoms with Crippen LogP contribution >= 0.6 is 0 Å². The van der Waals surface area contributed by atoms with Crippen LogP contribution in [0.3, 0.4) is 0 Å². The Morgan fingerprint density at radius 3 is 2.66 bits per heavy atom. The van der Waals surface area contributed by atoms with Crippen LogP contribution < -0.4 is 10.6 Å². The smallest absolute Gasteiger partial charge is 0.409 e. The molecule has 154 valence electrons. The second-order valence-corrected chi connectivity index (χ2v) is 7.25. The van der Waals surface area contributed by atoms with E-state index in [1.54, 1.807) is 17.2 Å². The number of anilines is 2. The minimum Gasteiger partial charge on any atom is -0.450 e. The maximum absolute atomic E-state index is 12.2. The van der Waals surface area contributed by atoms with Gasteiger partial charge in [-0.1, -0.05) is 29.8 Å². The van der Waals surface area contributed by atoms with Crippen molar-refractivity contribution in [1.29, 1.82) is 0 Å². The predicted molar refractivity (Wildman–Crippen MR) is 113 cm³/mol. The minimum absolute atomic E-state index is 0.0878. The SMILES string of the molecule is CCOC(=O)N1CCC(Nc2ccc(NC(=O)Cc3cccc(C)c3)nc2)CC1. The van der Waals surface area contributed by atoms with Gasteiger partial charge in [0.2, 0.25) is 5.91 Å². The molecule has 0 saturated carbocycles. The summed E-state index contributed by atoms with van der Waals surface area (Å²) in [6.07, 6.45) is 3.52. The van der Waals surface area contributed by atoms with E-state index in [0.717, 1.165) is 29.7 Å². The van der Waals surface area contributed by atoms with Crippen LogP contribution in [-0.4, -0.2) is 47.6 Å².